The smallest absolute Gasteiger partial charge is 0.227 e. The van der Waals surface area contributed by atoms with Crippen molar-refractivity contribution < 1.29 is 9.15 Å². The van der Waals surface area contributed by atoms with Gasteiger partial charge in [0.15, 0.2) is 5.58 Å². The van der Waals surface area contributed by atoms with E-state index in [4.69, 9.17) is 20.8 Å². The molecule has 0 saturated carbocycles. The highest BCUT2D eigenvalue weighted by molar-refractivity contribution is 6.32. The molecule has 0 aliphatic carbocycles. The molecule has 0 amide bonds. The van der Waals surface area contributed by atoms with Crippen molar-refractivity contribution in [1.82, 2.24) is 19.7 Å². The highest BCUT2D eigenvalue weighted by atomic mass is 35.5. The Balaban J connectivity index is 1.78. The Bertz CT molecular complexity index is 979. The number of nitrogens with zero attached hydrogens (tertiary/aromatic N) is 4. The van der Waals surface area contributed by atoms with E-state index in [1.807, 2.05) is 24.3 Å². The lowest BCUT2D eigenvalue weighted by Crippen LogP contribution is -1.89. The first-order valence-corrected chi connectivity index (χ1v) is 7.22. The molecule has 0 bridgehead atoms. The first-order valence-electron chi connectivity index (χ1n) is 6.84. The van der Waals surface area contributed by atoms with Crippen LogP contribution in [0.25, 0.3) is 28.2 Å². The highest BCUT2D eigenvalue weighted by Gasteiger charge is 2.11. The minimum atomic E-state index is 0.505. The third-order valence-electron chi connectivity index (χ3n) is 3.49. The summed E-state index contributed by atoms with van der Waals surface area (Å²) < 4.78 is 12.8. The number of ether oxygens (including phenoxy) is 1. The van der Waals surface area contributed by atoms with Crippen LogP contribution >= 0.6 is 11.6 Å². The van der Waals surface area contributed by atoms with Gasteiger partial charge in [-0.2, -0.15) is 0 Å². The molecule has 0 aliphatic heterocycles. The van der Waals surface area contributed by atoms with Gasteiger partial charge in [-0.25, -0.2) is 4.98 Å². The summed E-state index contributed by atoms with van der Waals surface area (Å²) in [6, 6.07) is 11.1. The van der Waals surface area contributed by atoms with Crippen molar-refractivity contribution in [1.29, 1.82) is 0 Å². The number of fused-ring (bicyclic) bond motifs is 1. The van der Waals surface area contributed by atoms with Crippen molar-refractivity contribution >= 4 is 22.7 Å². The van der Waals surface area contributed by atoms with Gasteiger partial charge in [-0.1, -0.05) is 11.6 Å². The van der Waals surface area contributed by atoms with Gasteiger partial charge in [0, 0.05) is 5.56 Å². The van der Waals surface area contributed by atoms with Gasteiger partial charge >= 0.3 is 0 Å². The Morgan fingerprint density at radius 2 is 1.91 bits per heavy atom. The topological polar surface area (TPSA) is 66.0 Å². The number of methoxy groups -OCH3 is 1. The van der Waals surface area contributed by atoms with Crippen LogP contribution in [0.4, 0.5) is 0 Å². The maximum absolute atomic E-state index is 6.16. The molecule has 0 saturated heterocycles. The first-order chi connectivity index (χ1) is 11.2. The molecule has 6 nitrogen and oxygen atoms in total. The average Bonchev–Trinajstić information content (AvgIpc) is 3.23. The molecule has 2 aromatic carbocycles. The van der Waals surface area contributed by atoms with E-state index in [9.17, 15) is 0 Å². The second-order valence-electron chi connectivity index (χ2n) is 4.89. The number of oxazole rings is 1. The Labute approximate surface area is 136 Å². The fraction of sp³-hybridized carbons (Fsp3) is 0.0625. The lowest BCUT2D eigenvalue weighted by molar-refractivity contribution is 0.415. The van der Waals surface area contributed by atoms with Crippen LogP contribution in [0.1, 0.15) is 0 Å². The zero-order chi connectivity index (χ0) is 15.8. The third-order valence-corrected chi connectivity index (χ3v) is 3.78. The normalized spacial score (nSPS) is 11.0. The van der Waals surface area contributed by atoms with E-state index in [0.29, 0.717) is 22.2 Å². The number of rotatable bonds is 3. The van der Waals surface area contributed by atoms with Gasteiger partial charge in [0.25, 0.3) is 0 Å². The summed E-state index contributed by atoms with van der Waals surface area (Å²) >= 11 is 6.16. The molecule has 0 radical (unpaired) electrons. The van der Waals surface area contributed by atoms with Crippen LogP contribution in [0.2, 0.25) is 5.02 Å². The third kappa shape index (κ3) is 2.43. The number of benzene rings is 2. The highest BCUT2D eigenvalue weighted by Crippen LogP contribution is 2.31. The van der Waals surface area contributed by atoms with Gasteiger partial charge in [0.1, 0.15) is 23.9 Å². The molecule has 4 rings (SSSR count). The Kier molecular flexibility index (Phi) is 3.24. The van der Waals surface area contributed by atoms with E-state index in [1.165, 1.54) is 0 Å². The van der Waals surface area contributed by atoms with Crippen molar-refractivity contribution in [3.63, 3.8) is 0 Å². The zero-order valence-corrected chi connectivity index (χ0v) is 12.9. The number of hydrogen-bond donors (Lipinski definition) is 0. The summed E-state index contributed by atoms with van der Waals surface area (Å²) in [5, 5.41) is 8.11. The second-order valence-corrected chi connectivity index (χ2v) is 5.30. The molecule has 0 N–H and O–H groups in total. The molecule has 2 aromatic heterocycles. The van der Waals surface area contributed by atoms with Gasteiger partial charge < -0.3 is 9.15 Å². The standard InChI is InChI=1S/C16H11ClN4O2/c1-22-14-4-2-10(6-12(14)17)16-20-13-7-11(3-5-15(13)23-16)21-8-18-19-9-21/h2-9H,1H3. The monoisotopic (exact) mass is 326 g/mol. The quantitative estimate of drug-likeness (QED) is 0.574. The molecular formula is C16H11ClN4O2. The SMILES string of the molecule is COc1ccc(-c2nc3cc(-n4cnnc4)ccc3o2)cc1Cl. The molecule has 0 fully saturated rings. The van der Waals surface area contributed by atoms with Crippen molar-refractivity contribution in [3.05, 3.63) is 54.1 Å². The Hall–Kier alpha value is -2.86. The summed E-state index contributed by atoms with van der Waals surface area (Å²) in [5.41, 5.74) is 3.15. The minimum Gasteiger partial charge on any atom is -0.495 e. The number of aromatic nitrogens is 4. The maximum atomic E-state index is 6.16. The minimum absolute atomic E-state index is 0.505. The zero-order valence-electron chi connectivity index (χ0n) is 12.1. The summed E-state index contributed by atoms with van der Waals surface area (Å²) in [6.45, 7) is 0. The van der Waals surface area contributed by atoms with Crippen LogP contribution in [0, 0.1) is 0 Å². The van der Waals surface area contributed by atoms with Crippen LogP contribution in [-0.2, 0) is 0 Å². The second kappa shape index (κ2) is 5.40. The molecule has 23 heavy (non-hydrogen) atoms. The van der Waals surface area contributed by atoms with E-state index in [1.54, 1.807) is 36.5 Å². The molecule has 4 aromatic rings. The molecule has 7 heteroatoms. The van der Waals surface area contributed by atoms with Gasteiger partial charge in [0.05, 0.1) is 17.8 Å². The number of hydrogen-bond acceptors (Lipinski definition) is 5. The average molecular weight is 327 g/mol. The summed E-state index contributed by atoms with van der Waals surface area (Å²) in [4.78, 5) is 4.53. The van der Waals surface area contributed by atoms with Crippen LogP contribution < -0.4 is 4.74 Å². The van der Waals surface area contributed by atoms with Crippen LogP contribution in [0.3, 0.4) is 0 Å². The fourth-order valence-corrected chi connectivity index (χ4v) is 2.59. The molecule has 2 heterocycles. The summed E-state index contributed by atoms with van der Waals surface area (Å²) in [5.74, 6) is 1.12. The van der Waals surface area contributed by atoms with E-state index in [0.717, 1.165) is 16.8 Å². The predicted octanol–water partition coefficient (Wildman–Crippen LogP) is 3.74. The summed E-state index contributed by atoms with van der Waals surface area (Å²) in [6.07, 6.45) is 3.26. The van der Waals surface area contributed by atoms with Gasteiger partial charge in [0.2, 0.25) is 5.89 Å². The Morgan fingerprint density at radius 1 is 1.09 bits per heavy atom. The van der Waals surface area contributed by atoms with E-state index in [2.05, 4.69) is 15.2 Å². The van der Waals surface area contributed by atoms with Crippen molar-refractivity contribution in [2.45, 2.75) is 0 Å². The molecule has 0 aliphatic rings. The molecular weight excluding hydrogens is 316 g/mol. The van der Waals surface area contributed by atoms with Crippen molar-refractivity contribution in [2.24, 2.45) is 0 Å². The molecule has 0 unspecified atom stereocenters. The first kappa shape index (κ1) is 13.8. The van der Waals surface area contributed by atoms with Crippen molar-refractivity contribution in [2.75, 3.05) is 7.11 Å². The van der Waals surface area contributed by atoms with Crippen LogP contribution in [0.5, 0.6) is 5.75 Å². The largest absolute Gasteiger partial charge is 0.495 e. The predicted molar refractivity (Wildman–Crippen MR) is 85.9 cm³/mol. The lowest BCUT2D eigenvalue weighted by Gasteiger charge is -2.03. The van der Waals surface area contributed by atoms with Crippen LogP contribution in [0.15, 0.2) is 53.5 Å². The van der Waals surface area contributed by atoms with Gasteiger partial charge in [-0.3, -0.25) is 4.57 Å². The van der Waals surface area contributed by atoms with E-state index < -0.39 is 0 Å². The number of halogens is 1. The maximum Gasteiger partial charge on any atom is 0.227 e. The molecule has 0 atom stereocenters. The van der Waals surface area contributed by atoms with E-state index in [-0.39, 0.29) is 0 Å². The lowest BCUT2D eigenvalue weighted by atomic mass is 10.2. The molecule has 0 spiro atoms. The Morgan fingerprint density at radius 3 is 2.65 bits per heavy atom. The van der Waals surface area contributed by atoms with E-state index >= 15 is 0 Å². The van der Waals surface area contributed by atoms with Gasteiger partial charge in [-0.15, -0.1) is 10.2 Å². The van der Waals surface area contributed by atoms with Crippen LogP contribution in [-0.4, -0.2) is 26.9 Å². The van der Waals surface area contributed by atoms with Gasteiger partial charge in [-0.05, 0) is 36.4 Å². The van der Waals surface area contributed by atoms with Crippen molar-refractivity contribution in [3.8, 4) is 22.9 Å². The summed E-state index contributed by atoms with van der Waals surface area (Å²) in [7, 11) is 1.58. The molecule has 114 valence electrons. The fourth-order valence-electron chi connectivity index (χ4n) is 2.33.